The Kier molecular flexibility index (Phi) is 4.31. The smallest absolute Gasteiger partial charge is 0.418 e. The first-order valence-corrected chi connectivity index (χ1v) is 6.03. The topological polar surface area (TPSA) is 31.0 Å². The van der Waals surface area contributed by atoms with E-state index in [9.17, 15) is 13.2 Å². The van der Waals surface area contributed by atoms with Gasteiger partial charge in [-0.05, 0) is 24.6 Å². The zero-order valence-electron chi connectivity index (χ0n) is 10.4. The molecule has 0 bridgehead atoms. The predicted molar refractivity (Wildman–Crippen MR) is 62.1 cm³/mol. The van der Waals surface area contributed by atoms with Crippen LogP contribution in [-0.2, 0) is 9.47 Å². The molecule has 1 aromatic rings. The highest BCUT2D eigenvalue weighted by Crippen LogP contribution is 2.37. The van der Waals surface area contributed by atoms with E-state index < -0.39 is 12.3 Å². The Bertz CT molecular complexity index is 416. The van der Waals surface area contributed by atoms with Crippen molar-refractivity contribution in [2.75, 3.05) is 19.8 Å². The molecule has 0 aromatic heterocycles. The first kappa shape index (κ1) is 14.1. The van der Waals surface area contributed by atoms with Crippen LogP contribution >= 0.6 is 0 Å². The SMILES string of the molecule is CCOc1cccc([C@H](OC[C@@H]2CO2)C(F)(F)F)c1. The Morgan fingerprint density at radius 3 is 2.74 bits per heavy atom. The van der Waals surface area contributed by atoms with E-state index in [4.69, 9.17) is 14.2 Å². The van der Waals surface area contributed by atoms with Crippen molar-refractivity contribution >= 4 is 0 Å². The molecule has 19 heavy (non-hydrogen) atoms. The molecular formula is C13H15F3O3. The number of epoxide rings is 1. The van der Waals surface area contributed by atoms with Crippen molar-refractivity contribution in [2.45, 2.75) is 25.3 Å². The summed E-state index contributed by atoms with van der Waals surface area (Å²) in [7, 11) is 0. The number of halogens is 3. The molecule has 1 aliphatic rings. The van der Waals surface area contributed by atoms with Gasteiger partial charge in [0.2, 0.25) is 0 Å². The third kappa shape index (κ3) is 4.11. The van der Waals surface area contributed by atoms with Crippen molar-refractivity contribution < 1.29 is 27.4 Å². The Morgan fingerprint density at radius 1 is 1.42 bits per heavy atom. The zero-order chi connectivity index (χ0) is 13.9. The minimum atomic E-state index is -4.46. The van der Waals surface area contributed by atoms with Gasteiger partial charge in [0, 0.05) is 0 Å². The van der Waals surface area contributed by atoms with Crippen LogP contribution in [-0.4, -0.2) is 32.1 Å². The van der Waals surface area contributed by atoms with Crippen LogP contribution in [0.3, 0.4) is 0 Å². The fourth-order valence-electron chi connectivity index (χ4n) is 1.68. The zero-order valence-corrected chi connectivity index (χ0v) is 10.4. The van der Waals surface area contributed by atoms with E-state index in [1.807, 2.05) is 0 Å². The highest BCUT2D eigenvalue weighted by atomic mass is 19.4. The van der Waals surface area contributed by atoms with Crippen LogP contribution in [0.2, 0.25) is 0 Å². The lowest BCUT2D eigenvalue weighted by Gasteiger charge is -2.21. The second kappa shape index (κ2) is 5.79. The Morgan fingerprint density at radius 2 is 2.16 bits per heavy atom. The molecule has 6 heteroatoms. The van der Waals surface area contributed by atoms with Gasteiger partial charge >= 0.3 is 6.18 Å². The molecule has 3 nitrogen and oxygen atoms in total. The van der Waals surface area contributed by atoms with Crippen molar-refractivity contribution in [2.24, 2.45) is 0 Å². The van der Waals surface area contributed by atoms with E-state index in [0.29, 0.717) is 19.0 Å². The van der Waals surface area contributed by atoms with Gasteiger partial charge in [-0.15, -0.1) is 0 Å². The van der Waals surface area contributed by atoms with Crippen LogP contribution in [0.15, 0.2) is 24.3 Å². The molecule has 2 atom stereocenters. The van der Waals surface area contributed by atoms with Crippen LogP contribution in [0.1, 0.15) is 18.6 Å². The molecule has 1 fully saturated rings. The van der Waals surface area contributed by atoms with Crippen LogP contribution < -0.4 is 4.74 Å². The van der Waals surface area contributed by atoms with Gasteiger partial charge in [-0.3, -0.25) is 0 Å². The third-order valence-electron chi connectivity index (χ3n) is 2.62. The van der Waals surface area contributed by atoms with Gasteiger partial charge < -0.3 is 14.2 Å². The summed E-state index contributed by atoms with van der Waals surface area (Å²) in [6.45, 7) is 2.58. The van der Waals surface area contributed by atoms with Gasteiger partial charge in [0.15, 0.2) is 6.10 Å². The van der Waals surface area contributed by atoms with E-state index >= 15 is 0 Å². The lowest BCUT2D eigenvalue weighted by atomic mass is 10.1. The van der Waals surface area contributed by atoms with Crippen molar-refractivity contribution in [3.63, 3.8) is 0 Å². The summed E-state index contributed by atoms with van der Waals surface area (Å²) < 4.78 is 54.0. The number of benzene rings is 1. The number of ether oxygens (including phenoxy) is 3. The van der Waals surface area contributed by atoms with Crippen molar-refractivity contribution in [3.05, 3.63) is 29.8 Å². The number of hydrogen-bond acceptors (Lipinski definition) is 3. The number of hydrogen-bond donors (Lipinski definition) is 0. The van der Waals surface area contributed by atoms with Crippen LogP contribution in [0.4, 0.5) is 13.2 Å². The predicted octanol–water partition coefficient (Wildman–Crippen LogP) is 3.10. The maximum atomic E-state index is 13.0. The van der Waals surface area contributed by atoms with Gasteiger partial charge in [-0.25, -0.2) is 0 Å². The molecule has 1 aliphatic heterocycles. The average molecular weight is 276 g/mol. The number of rotatable bonds is 6. The fourth-order valence-corrected chi connectivity index (χ4v) is 1.68. The second-order valence-electron chi connectivity index (χ2n) is 4.22. The lowest BCUT2D eigenvalue weighted by Crippen LogP contribution is -2.25. The maximum absolute atomic E-state index is 13.0. The first-order valence-electron chi connectivity index (χ1n) is 6.03. The molecule has 0 amide bonds. The quantitative estimate of drug-likeness (QED) is 0.748. The molecule has 0 aliphatic carbocycles. The summed E-state index contributed by atoms with van der Waals surface area (Å²) in [6.07, 6.45) is -6.61. The maximum Gasteiger partial charge on any atom is 0.418 e. The van der Waals surface area contributed by atoms with E-state index in [1.165, 1.54) is 18.2 Å². The van der Waals surface area contributed by atoms with Crippen LogP contribution in [0.5, 0.6) is 5.75 Å². The van der Waals surface area contributed by atoms with Crippen molar-refractivity contribution in [3.8, 4) is 5.75 Å². The molecule has 0 unspecified atom stereocenters. The summed E-state index contributed by atoms with van der Waals surface area (Å²) in [4.78, 5) is 0. The molecule has 2 rings (SSSR count). The molecule has 1 saturated heterocycles. The van der Waals surface area contributed by atoms with E-state index in [1.54, 1.807) is 13.0 Å². The standard InChI is InChI=1S/C13H15F3O3/c1-2-17-10-5-3-4-9(6-10)12(13(14,15)16)19-8-11-7-18-11/h3-6,11-12H,2,7-8H2,1H3/t11-,12-/m0/s1. The molecular weight excluding hydrogens is 261 g/mol. The highest BCUT2D eigenvalue weighted by Gasteiger charge is 2.43. The lowest BCUT2D eigenvalue weighted by molar-refractivity contribution is -0.224. The summed E-state index contributed by atoms with van der Waals surface area (Å²) >= 11 is 0. The number of alkyl halides is 3. The normalized spacial score (nSPS) is 20.1. The Balaban J connectivity index is 2.13. The van der Waals surface area contributed by atoms with Crippen LogP contribution in [0, 0.1) is 0 Å². The minimum Gasteiger partial charge on any atom is -0.494 e. The highest BCUT2D eigenvalue weighted by molar-refractivity contribution is 5.30. The summed E-state index contributed by atoms with van der Waals surface area (Å²) in [5.41, 5.74) is 0.0408. The van der Waals surface area contributed by atoms with Gasteiger partial charge in [-0.1, -0.05) is 12.1 Å². The average Bonchev–Trinajstić information content (AvgIpc) is 3.12. The summed E-state index contributed by atoms with van der Waals surface area (Å²) in [6, 6.07) is 5.88. The van der Waals surface area contributed by atoms with Crippen molar-refractivity contribution in [1.82, 2.24) is 0 Å². The Labute approximate surface area is 109 Å². The van der Waals surface area contributed by atoms with E-state index in [-0.39, 0.29) is 18.3 Å². The van der Waals surface area contributed by atoms with E-state index in [0.717, 1.165) is 0 Å². The van der Waals surface area contributed by atoms with E-state index in [2.05, 4.69) is 0 Å². The molecule has 0 radical (unpaired) electrons. The monoisotopic (exact) mass is 276 g/mol. The molecule has 0 N–H and O–H groups in total. The summed E-state index contributed by atoms with van der Waals surface area (Å²) in [5, 5.41) is 0. The molecule has 106 valence electrons. The first-order chi connectivity index (χ1) is 9.00. The van der Waals surface area contributed by atoms with Gasteiger partial charge in [0.25, 0.3) is 0 Å². The third-order valence-corrected chi connectivity index (χ3v) is 2.62. The van der Waals surface area contributed by atoms with Gasteiger partial charge in [0.1, 0.15) is 11.9 Å². The molecule has 1 aromatic carbocycles. The fraction of sp³-hybridized carbons (Fsp3) is 0.538. The largest absolute Gasteiger partial charge is 0.494 e. The molecule has 0 spiro atoms. The van der Waals surface area contributed by atoms with Gasteiger partial charge in [-0.2, -0.15) is 13.2 Å². The molecule has 1 heterocycles. The van der Waals surface area contributed by atoms with Crippen LogP contribution in [0.25, 0.3) is 0 Å². The second-order valence-corrected chi connectivity index (χ2v) is 4.22. The summed E-state index contributed by atoms with van der Waals surface area (Å²) in [5.74, 6) is 0.403. The molecule has 0 saturated carbocycles. The van der Waals surface area contributed by atoms with Gasteiger partial charge in [0.05, 0.1) is 19.8 Å². The minimum absolute atomic E-state index is 0.0408. The van der Waals surface area contributed by atoms with Crippen molar-refractivity contribution in [1.29, 1.82) is 0 Å². The Hall–Kier alpha value is -1.27.